The maximum absolute atomic E-state index is 6.78. The van der Waals surface area contributed by atoms with E-state index in [9.17, 15) is 0 Å². The fourth-order valence-electron chi connectivity index (χ4n) is 7.49. The fraction of sp³-hybridized carbons (Fsp3) is 0. The van der Waals surface area contributed by atoms with Gasteiger partial charge in [-0.1, -0.05) is 152 Å². The molecule has 7 nitrogen and oxygen atoms in total. The maximum atomic E-state index is 6.78. The van der Waals surface area contributed by atoms with Crippen LogP contribution in [-0.2, 0) is 0 Å². The van der Waals surface area contributed by atoms with Gasteiger partial charge in [-0.25, -0.2) is 24.9 Å². The highest BCUT2D eigenvalue weighted by Crippen LogP contribution is 2.43. The van der Waals surface area contributed by atoms with E-state index in [1.807, 2.05) is 133 Å². The number of para-hydroxylation sites is 2. The Morgan fingerprint density at radius 2 is 0.786 bits per heavy atom. The molecule has 0 radical (unpaired) electrons. The monoisotopic (exact) mass is 719 g/mol. The van der Waals surface area contributed by atoms with Crippen molar-refractivity contribution in [1.29, 1.82) is 0 Å². The highest BCUT2D eigenvalue weighted by Gasteiger charge is 2.23. The lowest BCUT2D eigenvalue weighted by Crippen LogP contribution is -2.00. The van der Waals surface area contributed by atoms with Crippen LogP contribution in [0.3, 0.4) is 0 Å². The van der Waals surface area contributed by atoms with Crippen LogP contribution in [0.15, 0.2) is 185 Å². The Hall–Kier alpha value is -7.77. The quantitative estimate of drug-likeness (QED) is 0.169. The third kappa shape index (κ3) is 5.33. The standard InChI is InChI=1S/C49H29N5O2/c1-4-14-30(15-5-1)31-26-28-34(29-27-31)48-52-47(33-18-8-3-9-19-33)53-49(54-48)37-22-13-25-40-41(37)36-21-12-23-38(44(36)56-40)43-45-42(35-20-10-11-24-39(35)55-45)50-46(51-43)32-16-6-2-7-17-32/h1-29H. The van der Waals surface area contributed by atoms with Crippen LogP contribution in [0.2, 0.25) is 0 Å². The van der Waals surface area contributed by atoms with Crippen molar-refractivity contribution in [3.05, 3.63) is 176 Å². The summed E-state index contributed by atoms with van der Waals surface area (Å²) in [5, 5.41) is 2.74. The summed E-state index contributed by atoms with van der Waals surface area (Å²) < 4.78 is 13.3. The Labute approximate surface area is 320 Å². The summed E-state index contributed by atoms with van der Waals surface area (Å²) in [6.07, 6.45) is 0. The van der Waals surface area contributed by atoms with Crippen LogP contribution in [-0.4, -0.2) is 24.9 Å². The van der Waals surface area contributed by atoms with Crippen molar-refractivity contribution in [3.63, 3.8) is 0 Å². The fourth-order valence-corrected chi connectivity index (χ4v) is 7.49. The molecule has 0 saturated carbocycles. The van der Waals surface area contributed by atoms with E-state index >= 15 is 0 Å². The minimum atomic E-state index is 0.549. The Morgan fingerprint density at radius 1 is 0.304 bits per heavy atom. The molecule has 0 spiro atoms. The van der Waals surface area contributed by atoms with Crippen LogP contribution in [0.25, 0.3) is 112 Å². The molecule has 0 aliphatic rings. The predicted molar refractivity (Wildman–Crippen MR) is 223 cm³/mol. The van der Waals surface area contributed by atoms with Crippen molar-refractivity contribution in [2.45, 2.75) is 0 Å². The number of hydrogen-bond acceptors (Lipinski definition) is 7. The molecule has 7 aromatic carbocycles. The number of nitrogens with zero attached hydrogens (tertiary/aromatic N) is 5. The lowest BCUT2D eigenvalue weighted by atomic mass is 10.0. The first-order chi connectivity index (χ1) is 27.7. The van der Waals surface area contributed by atoms with Gasteiger partial charge in [0.15, 0.2) is 28.9 Å². The summed E-state index contributed by atoms with van der Waals surface area (Å²) >= 11 is 0. The molecule has 0 unspecified atom stereocenters. The zero-order valence-electron chi connectivity index (χ0n) is 29.8. The van der Waals surface area contributed by atoms with E-state index in [2.05, 4.69) is 42.5 Å². The van der Waals surface area contributed by atoms with E-state index in [-0.39, 0.29) is 0 Å². The highest BCUT2D eigenvalue weighted by molar-refractivity contribution is 6.16. The smallest absolute Gasteiger partial charge is 0.180 e. The Morgan fingerprint density at radius 3 is 1.50 bits per heavy atom. The lowest BCUT2D eigenvalue weighted by molar-refractivity contribution is 0.663. The van der Waals surface area contributed by atoms with Crippen molar-refractivity contribution in [2.24, 2.45) is 0 Å². The van der Waals surface area contributed by atoms with Gasteiger partial charge in [0.05, 0.1) is 0 Å². The minimum Gasteiger partial charge on any atom is -0.455 e. The van der Waals surface area contributed by atoms with E-state index in [0.717, 1.165) is 66.2 Å². The summed E-state index contributed by atoms with van der Waals surface area (Å²) in [7, 11) is 0. The van der Waals surface area contributed by atoms with Crippen LogP contribution in [0.5, 0.6) is 0 Å². The number of fused-ring (bicyclic) bond motifs is 6. The van der Waals surface area contributed by atoms with Crippen LogP contribution in [0.1, 0.15) is 0 Å². The molecule has 0 N–H and O–H groups in total. The van der Waals surface area contributed by atoms with Gasteiger partial charge in [-0.3, -0.25) is 0 Å². The van der Waals surface area contributed by atoms with Gasteiger partial charge in [-0.2, -0.15) is 0 Å². The highest BCUT2D eigenvalue weighted by atomic mass is 16.3. The van der Waals surface area contributed by atoms with Crippen LogP contribution < -0.4 is 0 Å². The second-order valence-corrected chi connectivity index (χ2v) is 13.6. The minimum absolute atomic E-state index is 0.549. The summed E-state index contributed by atoms with van der Waals surface area (Å²) in [4.78, 5) is 25.4. The topological polar surface area (TPSA) is 90.7 Å². The van der Waals surface area contributed by atoms with Crippen molar-refractivity contribution in [1.82, 2.24) is 24.9 Å². The lowest BCUT2D eigenvalue weighted by Gasteiger charge is -2.10. The number of furan rings is 2. The third-order valence-corrected chi connectivity index (χ3v) is 10.2. The van der Waals surface area contributed by atoms with Gasteiger partial charge in [-0.15, -0.1) is 0 Å². The molecular weight excluding hydrogens is 691 g/mol. The van der Waals surface area contributed by atoms with Crippen LogP contribution in [0.4, 0.5) is 0 Å². The first-order valence-corrected chi connectivity index (χ1v) is 18.4. The van der Waals surface area contributed by atoms with E-state index in [4.69, 9.17) is 33.8 Å². The van der Waals surface area contributed by atoms with E-state index in [0.29, 0.717) is 45.7 Å². The van der Waals surface area contributed by atoms with Gasteiger partial charge in [0.25, 0.3) is 0 Å². The van der Waals surface area contributed by atoms with Gasteiger partial charge in [-0.05, 0) is 35.4 Å². The molecule has 7 heteroatoms. The Bertz CT molecular complexity index is 3230. The van der Waals surface area contributed by atoms with Gasteiger partial charge < -0.3 is 8.83 Å². The molecule has 0 atom stereocenters. The zero-order valence-corrected chi connectivity index (χ0v) is 29.8. The molecule has 0 aliphatic carbocycles. The molecule has 262 valence electrons. The first kappa shape index (κ1) is 31.7. The van der Waals surface area contributed by atoms with E-state index in [1.54, 1.807) is 0 Å². The molecule has 0 aliphatic heterocycles. The average molecular weight is 720 g/mol. The third-order valence-electron chi connectivity index (χ3n) is 10.2. The second-order valence-electron chi connectivity index (χ2n) is 13.6. The van der Waals surface area contributed by atoms with Crippen molar-refractivity contribution >= 4 is 44.0 Å². The molecule has 4 aromatic heterocycles. The van der Waals surface area contributed by atoms with E-state index < -0.39 is 0 Å². The van der Waals surface area contributed by atoms with Gasteiger partial charge in [0.1, 0.15) is 28.0 Å². The average Bonchev–Trinajstić information content (AvgIpc) is 3.86. The zero-order chi connectivity index (χ0) is 37.0. The number of hydrogen-bond donors (Lipinski definition) is 0. The Balaban J connectivity index is 1.12. The summed E-state index contributed by atoms with van der Waals surface area (Å²) in [5.74, 6) is 2.33. The Kier molecular flexibility index (Phi) is 7.35. The van der Waals surface area contributed by atoms with Crippen molar-refractivity contribution in [3.8, 4) is 67.9 Å². The van der Waals surface area contributed by atoms with Gasteiger partial charge in [0, 0.05) is 44.0 Å². The molecule has 11 rings (SSSR count). The summed E-state index contributed by atoms with van der Waals surface area (Å²) in [6, 6.07) is 58.8. The molecule has 11 aromatic rings. The van der Waals surface area contributed by atoms with Crippen molar-refractivity contribution < 1.29 is 8.83 Å². The SMILES string of the molecule is c1ccc(-c2ccc(-c3nc(-c4ccccc4)nc(-c4cccc5oc6c(-c7nc(-c8ccccc8)nc8c7oc7ccccc78)cccc6c45)n3)cc2)cc1. The predicted octanol–water partition coefficient (Wildman–Crippen LogP) is 12.5. The largest absolute Gasteiger partial charge is 0.455 e. The molecule has 56 heavy (non-hydrogen) atoms. The second kappa shape index (κ2) is 13.0. The molecule has 4 heterocycles. The number of aromatic nitrogens is 5. The molecular formula is C49H29N5O2. The van der Waals surface area contributed by atoms with Gasteiger partial charge in [0.2, 0.25) is 0 Å². The number of benzene rings is 7. The normalized spacial score (nSPS) is 11.6. The maximum Gasteiger partial charge on any atom is 0.180 e. The summed E-state index contributed by atoms with van der Waals surface area (Å²) in [6.45, 7) is 0. The molecule has 0 saturated heterocycles. The van der Waals surface area contributed by atoms with Crippen LogP contribution >= 0.6 is 0 Å². The number of rotatable bonds is 6. The molecule has 0 fully saturated rings. The first-order valence-electron chi connectivity index (χ1n) is 18.4. The molecule has 0 bridgehead atoms. The molecule has 0 amide bonds. The summed E-state index contributed by atoms with van der Waals surface area (Å²) in [5.41, 5.74) is 10.8. The van der Waals surface area contributed by atoms with Crippen LogP contribution in [0, 0.1) is 0 Å². The van der Waals surface area contributed by atoms with Gasteiger partial charge >= 0.3 is 0 Å². The van der Waals surface area contributed by atoms with Crippen molar-refractivity contribution in [2.75, 3.05) is 0 Å². The van der Waals surface area contributed by atoms with E-state index in [1.165, 1.54) is 0 Å².